The molecule has 100 valence electrons. The predicted octanol–water partition coefficient (Wildman–Crippen LogP) is 2.42. The first-order chi connectivity index (χ1) is 9.33. The van der Waals surface area contributed by atoms with Crippen molar-refractivity contribution in [3.05, 3.63) is 42.1 Å². The van der Waals surface area contributed by atoms with Gasteiger partial charge >= 0.3 is 0 Å². The Morgan fingerprint density at radius 1 is 1.26 bits per heavy atom. The SMILES string of the molecule is CN(Cc1ccc2ncccc2c1)C1CCNCC1. The third kappa shape index (κ3) is 2.94. The Labute approximate surface area is 114 Å². The van der Waals surface area contributed by atoms with Crippen molar-refractivity contribution in [2.75, 3.05) is 20.1 Å². The van der Waals surface area contributed by atoms with Gasteiger partial charge in [0.2, 0.25) is 0 Å². The van der Waals surface area contributed by atoms with Crippen molar-refractivity contribution < 1.29 is 0 Å². The highest BCUT2D eigenvalue weighted by Crippen LogP contribution is 2.17. The van der Waals surface area contributed by atoms with Crippen LogP contribution in [0.5, 0.6) is 0 Å². The Morgan fingerprint density at radius 2 is 2.11 bits per heavy atom. The van der Waals surface area contributed by atoms with E-state index in [1.807, 2.05) is 12.3 Å². The molecule has 0 amide bonds. The number of benzene rings is 1. The second-order valence-corrected chi connectivity index (χ2v) is 5.43. The van der Waals surface area contributed by atoms with Crippen molar-refractivity contribution in [1.29, 1.82) is 0 Å². The highest BCUT2D eigenvalue weighted by atomic mass is 15.1. The lowest BCUT2D eigenvalue weighted by atomic mass is 10.0. The van der Waals surface area contributed by atoms with Crippen LogP contribution in [0, 0.1) is 0 Å². The zero-order valence-corrected chi connectivity index (χ0v) is 11.5. The zero-order chi connectivity index (χ0) is 13.1. The van der Waals surface area contributed by atoms with E-state index in [9.17, 15) is 0 Å². The quantitative estimate of drug-likeness (QED) is 0.913. The molecule has 3 rings (SSSR count). The summed E-state index contributed by atoms with van der Waals surface area (Å²) in [5, 5.41) is 4.66. The molecule has 3 heteroatoms. The number of rotatable bonds is 3. The zero-order valence-electron chi connectivity index (χ0n) is 11.5. The molecule has 0 spiro atoms. The second kappa shape index (κ2) is 5.68. The lowest BCUT2D eigenvalue weighted by Crippen LogP contribution is -2.40. The van der Waals surface area contributed by atoms with Crippen LogP contribution in [-0.2, 0) is 6.54 Å². The fourth-order valence-corrected chi connectivity index (χ4v) is 2.89. The lowest BCUT2D eigenvalue weighted by molar-refractivity contribution is 0.192. The fourth-order valence-electron chi connectivity index (χ4n) is 2.89. The highest BCUT2D eigenvalue weighted by Gasteiger charge is 2.17. The molecule has 19 heavy (non-hydrogen) atoms. The summed E-state index contributed by atoms with van der Waals surface area (Å²) in [5.41, 5.74) is 2.46. The van der Waals surface area contributed by atoms with Gasteiger partial charge in [0.15, 0.2) is 0 Å². The van der Waals surface area contributed by atoms with E-state index < -0.39 is 0 Å². The van der Waals surface area contributed by atoms with Gasteiger partial charge in [-0.1, -0.05) is 12.1 Å². The minimum atomic E-state index is 0.714. The summed E-state index contributed by atoms with van der Waals surface area (Å²) < 4.78 is 0. The third-order valence-electron chi connectivity index (χ3n) is 4.03. The minimum absolute atomic E-state index is 0.714. The molecule has 1 fully saturated rings. The summed E-state index contributed by atoms with van der Waals surface area (Å²) in [7, 11) is 2.24. The van der Waals surface area contributed by atoms with Gasteiger partial charge < -0.3 is 5.32 Å². The molecule has 1 saturated heterocycles. The molecule has 1 aromatic heterocycles. The maximum Gasteiger partial charge on any atom is 0.0702 e. The monoisotopic (exact) mass is 255 g/mol. The summed E-state index contributed by atoms with van der Waals surface area (Å²) in [6, 6.07) is 11.4. The Morgan fingerprint density at radius 3 is 2.95 bits per heavy atom. The van der Waals surface area contributed by atoms with Crippen LogP contribution < -0.4 is 5.32 Å². The maximum atomic E-state index is 4.37. The third-order valence-corrected chi connectivity index (χ3v) is 4.03. The van der Waals surface area contributed by atoms with Gasteiger partial charge in [-0.2, -0.15) is 0 Å². The van der Waals surface area contributed by atoms with Crippen LogP contribution in [0.1, 0.15) is 18.4 Å². The summed E-state index contributed by atoms with van der Waals surface area (Å²) in [5.74, 6) is 0. The Kier molecular flexibility index (Phi) is 3.76. The summed E-state index contributed by atoms with van der Waals surface area (Å²) in [4.78, 5) is 6.85. The number of piperidine rings is 1. The molecule has 0 unspecified atom stereocenters. The number of nitrogens with one attached hydrogen (secondary N) is 1. The molecule has 1 N–H and O–H groups in total. The van der Waals surface area contributed by atoms with Gasteiger partial charge in [0.1, 0.15) is 0 Å². The maximum absolute atomic E-state index is 4.37. The van der Waals surface area contributed by atoms with Gasteiger partial charge in [-0.3, -0.25) is 9.88 Å². The normalized spacial score (nSPS) is 17.2. The van der Waals surface area contributed by atoms with Crippen LogP contribution in [-0.4, -0.2) is 36.1 Å². The van der Waals surface area contributed by atoms with Crippen LogP contribution >= 0.6 is 0 Å². The van der Waals surface area contributed by atoms with E-state index in [1.165, 1.54) is 23.8 Å². The Hall–Kier alpha value is -1.45. The van der Waals surface area contributed by atoms with E-state index in [2.05, 4.69) is 46.5 Å². The first-order valence-electron chi connectivity index (χ1n) is 7.07. The first-order valence-corrected chi connectivity index (χ1v) is 7.07. The second-order valence-electron chi connectivity index (χ2n) is 5.43. The summed E-state index contributed by atoms with van der Waals surface area (Å²) >= 11 is 0. The minimum Gasteiger partial charge on any atom is -0.317 e. The van der Waals surface area contributed by atoms with E-state index in [4.69, 9.17) is 0 Å². The van der Waals surface area contributed by atoms with Crippen LogP contribution in [0.15, 0.2) is 36.5 Å². The van der Waals surface area contributed by atoms with Gasteiger partial charge in [-0.25, -0.2) is 0 Å². The molecule has 0 radical (unpaired) electrons. The van der Waals surface area contributed by atoms with E-state index in [-0.39, 0.29) is 0 Å². The average molecular weight is 255 g/mol. The molecular formula is C16H21N3. The molecule has 1 aromatic carbocycles. The van der Waals surface area contributed by atoms with Gasteiger partial charge in [0.25, 0.3) is 0 Å². The number of aromatic nitrogens is 1. The van der Waals surface area contributed by atoms with Crippen molar-refractivity contribution >= 4 is 10.9 Å². The van der Waals surface area contributed by atoms with Crippen molar-refractivity contribution in [3.8, 4) is 0 Å². The lowest BCUT2D eigenvalue weighted by Gasteiger charge is -2.31. The Balaban J connectivity index is 1.73. The molecule has 0 bridgehead atoms. The fraction of sp³-hybridized carbons (Fsp3) is 0.438. The van der Waals surface area contributed by atoms with Gasteiger partial charge in [0, 0.05) is 24.2 Å². The molecular weight excluding hydrogens is 234 g/mol. The van der Waals surface area contributed by atoms with Crippen molar-refractivity contribution in [3.63, 3.8) is 0 Å². The number of hydrogen-bond donors (Lipinski definition) is 1. The van der Waals surface area contributed by atoms with Crippen molar-refractivity contribution in [1.82, 2.24) is 15.2 Å². The molecule has 2 heterocycles. The molecule has 3 nitrogen and oxygen atoms in total. The van der Waals surface area contributed by atoms with E-state index in [0.29, 0.717) is 6.04 Å². The van der Waals surface area contributed by atoms with Gasteiger partial charge in [-0.15, -0.1) is 0 Å². The smallest absolute Gasteiger partial charge is 0.0702 e. The molecule has 1 aliphatic heterocycles. The van der Waals surface area contributed by atoms with Gasteiger partial charge in [-0.05, 0) is 56.7 Å². The number of fused-ring (bicyclic) bond motifs is 1. The number of hydrogen-bond acceptors (Lipinski definition) is 3. The van der Waals surface area contributed by atoms with Crippen molar-refractivity contribution in [2.24, 2.45) is 0 Å². The molecule has 0 saturated carbocycles. The number of pyridine rings is 1. The predicted molar refractivity (Wildman–Crippen MR) is 79.1 cm³/mol. The summed E-state index contributed by atoms with van der Waals surface area (Å²) in [6.45, 7) is 3.32. The first kappa shape index (κ1) is 12.6. The topological polar surface area (TPSA) is 28.2 Å². The van der Waals surface area contributed by atoms with Gasteiger partial charge in [0.05, 0.1) is 5.52 Å². The van der Waals surface area contributed by atoms with Crippen LogP contribution in [0.3, 0.4) is 0 Å². The molecule has 0 aliphatic carbocycles. The standard InChI is InChI=1S/C16H21N3/c1-19(15-6-9-17-10-7-15)12-13-4-5-16-14(11-13)3-2-8-18-16/h2-5,8,11,15,17H,6-7,9-10,12H2,1H3. The molecule has 0 atom stereocenters. The average Bonchev–Trinajstić information content (AvgIpc) is 2.48. The van der Waals surface area contributed by atoms with Crippen LogP contribution in [0.2, 0.25) is 0 Å². The van der Waals surface area contributed by atoms with E-state index >= 15 is 0 Å². The number of nitrogens with zero attached hydrogens (tertiary/aromatic N) is 2. The van der Waals surface area contributed by atoms with E-state index in [1.54, 1.807) is 0 Å². The molecule has 2 aromatic rings. The summed E-state index contributed by atoms with van der Waals surface area (Å²) in [6.07, 6.45) is 4.36. The van der Waals surface area contributed by atoms with Crippen LogP contribution in [0.4, 0.5) is 0 Å². The molecule has 1 aliphatic rings. The van der Waals surface area contributed by atoms with Crippen LogP contribution in [0.25, 0.3) is 10.9 Å². The highest BCUT2D eigenvalue weighted by molar-refractivity contribution is 5.78. The largest absolute Gasteiger partial charge is 0.317 e. The van der Waals surface area contributed by atoms with Crippen molar-refractivity contribution in [2.45, 2.75) is 25.4 Å². The van der Waals surface area contributed by atoms with E-state index in [0.717, 1.165) is 25.2 Å². The Bertz CT molecular complexity index is 546.